The number of hydrogen-bond acceptors (Lipinski definition) is 5. The summed E-state index contributed by atoms with van der Waals surface area (Å²) >= 11 is 0. The van der Waals surface area contributed by atoms with E-state index < -0.39 is 22.5 Å². The van der Waals surface area contributed by atoms with Gasteiger partial charge in [-0.2, -0.15) is 13.2 Å². The van der Waals surface area contributed by atoms with Crippen molar-refractivity contribution in [2.45, 2.75) is 25.6 Å². The Bertz CT molecular complexity index is 480. The van der Waals surface area contributed by atoms with Gasteiger partial charge in [-0.15, -0.1) is 0 Å². The van der Waals surface area contributed by atoms with E-state index in [4.69, 9.17) is 4.74 Å². The van der Waals surface area contributed by atoms with Crippen LogP contribution in [0.25, 0.3) is 0 Å². The van der Waals surface area contributed by atoms with Crippen LogP contribution in [-0.4, -0.2) is 29.7 Å². The van der Waals surface area contributed by atoms with Crippen LogP contribution in [0.4, 0.5) is 24.5 Å². The molecule has 20 heavy (non-hydrogen) atoms. The molecule has 1 N–H and O–H groups in total. The average Bonchev–Trinajstić information content (AvgIpc) is 2.36. The zero-order valence-electron chi connectivity index (χ0n) is 10.9. The van der Waals surface area contributed by atoms with Crippen LogP contribution in [0.2, 0.25) is 0 Å². The molecule has 0 saturated carbocycles. The molecule has 1 aromatic rings. The summed E-state index contributed by atoms with van der Waals surface area (Å²) in [6.45, 7) is 2.01. The second-order valence-corrected chi connectivity index (χ2v) is 4.05. The summed E-state index contributed by atoms with van der Waals surface area (Å²) in [6, 6.07) is 0.304. The average molecular weight is 293 g/mol. The van der Waals surface area contributed by atoms with E-state index in [0.29, 0.717) is 18.7 Å². The maximum atomic E-state index is 12.6. The van der Waals surface area contributed by atoms with Crippen LogP contribution >= 0.6 is 0 Å². The van der Waals surface area contributed by atoms with Gasteiger partial charge in [-0.1, -0.05) is 6.92 Å². The molecular weight excluding hydrogens is 279 g/mol. The lowest BCUT2D eigenvalue weighted by Crippen LogP contribution is -2.25. The topological polar surface area (TPSA) is 77.3 Å². The number of anilines is 1. The minimum absolute atomic E-state index is 0.220. The fourth-order valence-electron chi connectivity index (χ4n) is 1.55. The molecule has 1 aromatic heterocycles. The number of pyridine rings is 1. The third kappa shape index (κ3) is 4.05. The molecule has 0 saturated heterocycles. The Morgan fingerprint density at radius 2 is 2.20 bits per heavy atom. The molecule has 0 aliphatic carbocycles. The van der Waals surface area contributed by atoms with Crippen LogP contribution < -0.4 is 5.32 Å². The van der Waals surface area contributed by atoms with Crippen molar-refractivity contribution in [1.29, 1.82) is 0 Å². The molecule has 9 heteroatoms. The van der Waals surface area contributed by atoms with E-state index in [0.717, 1.165) is 0 Å². The highest BCUT2D eigenvalue weighted by Crippen LogP contribution is 2.33. The zero-order valence-corrected chi connectivity index (χ0v) is 10.9. The fraction of sp³-hybridized carbons (Fsp3) is 0.545. The predicted molar refractivity (Wildman–Crippen MR) is 65.5 cm³/mol. The van der Waals surface area contributed by atoms with Crippen molar-refractivity contribution in [3.63, 3.8) is 0 Å². The van der Waals surface area contributed by atoms with Gasteiger partial charge in [0.05, 0.1) is 11.5 Å². The van der Waals surface area contributed by atoms with Crippen LogP contribution in [-0.2, 0) is 10.9 Å². The molecule has 0 radical (unpaired) electrons. The molecule has 1 rings (SSSR count). The molecule has 0 bridgehead atoms. The highest BCUT2D eigenvalue weighted by Gasteiger charge is 2.34. The lowest BCUT2D eigenvalue weighted by molar-refractivity contribution is -0.384. The van der Waals surface area contributed by atoms with E-state index >= 15 is 0 Å². The number of nitrogens with zero attached hydrogens (tertiary/aromatic N) is 2. The van der Waals surface area contributed by atoms with Crippen molar-refractivity contribution in [1.82, 2.24) is 4.98 Å². The fourth-order valence-corrected chi connectivity index (χ4v) is 1.55. The number of aromatic nitrogens is 1. The first-order chi connectivity index (χ1) is 9.29. The molecule has 0 amide bonds. The number of nitro groups is 1. The quantitative estimate of drug-likeness (QED) is 0.644. The first-order valence-corrected chi connectivity index (χ1v) is 5.76. The number of hydrogen-bond donors (Lipinski definition) is 1. The van der Waals surface area contributed by atoms with Gasteiger partial charge >= 0.3 is 11.9 Å². The molecule has 1 unspecified atom stereocenters. The van der Waals surface area contributed by atoms with Crippen molar-refractivity contribution in [2.75, 3.05) is 19.0 Å². The zero-order chi connectivity index (χ0) is 15.3. The number of rotatable bonds is 6. The minimum Gasteiger partial charge on any atom is -0.383 e. The Labute approximate surface area is 113 Å². The largest absolute Gasteiger partial charge is 0.433 e. The van der Waals surface area contributed by atoms with Crippen molar-refractivity contribution < 1.29 is 22.8 Å². The smallest absolute Gasteiger partial charge is 0.383 e. The maximum Gasteiger partial charge on any atom is 0.433 e. The van der Waals surface area contributed by atoms with E-state index in [1.807, 2.05) is 0 Å². The normalized spacial score (nSPS) is 13.1. The summed E-state index contributed by atoms with van der Waals surface area (Å²) in [5.74, 6) is 0. The van der Waals surface area contributed by atoms with E-state index in [1.54, 1.807) is 6.92 Å². The number of nitrogens with one attached hydrogen (secondary N) is 1. The number of ether oxygens (including phenoxy) is 1. The van der Waals surface area contributed by atoms with Gasteiger partial charge in [0.2, 0.25) is 0 Å². The highest BCUT2D eigenvalue weighted by atomic mass is 19.4. The standard InChI is InChI=1S/C11H14F3N3O3/c1-3-7(6-20-2)16-8-4-10(11(12,13)14)15-5-9(8)17(18)19/h4-5,7H,3,6H2,1-2H3,(H,15,16). The van der Waals surface area contributed by atoms with Gasteiger partial charge < -0.3 is 10.1 Å². The monoisotopic (exact) mass is 293 g/mol. The van der Waals surface area contributed by atoms with Crippen LogP contribution in [0.15, 0.2) is 12.3 Å². The van der Waals surface area contributed by atoms with Gasteiger partial charge in [0.25, 0.3) is 0 Å². The number of methoxy groups -OCH3 is 1. The lowest BCUT2D eigenvalue weighted by atomic mass is 10.2. The summed E-state index contributed by atoms with van der Waals surface area (Å²) in [6.07, 6.45) is -3.52. The lowest BCUT2D eigenvalue weighted by Gasteiger charge is -2.18. The summed E-state index contributed by atoms with van der Waals surface area (Å²) in [7, 11) is 1.44. The molecule has 1 heterocycles. The summed E-state index contributed by atoms with van der Waals surface area (Å²) in [5, 5.41) is 13.5. The minimum atomic E-state index is -4.66. The molecule has 0 aliphatic heterocycles. The molecule has 6 nitrogen and oxygen atoms in total. The summed E-state index contributed by atoms with van der Waals surface area (Å²) < 4.78 is 42.6. The summed E-state index contributed by atoms with van der Waals surface area (Å²) in [4.78, 5) is 13.1. The maximum absolute atomic E-state index is 12.6. The van der Waals surface area contributed by atoms with E-state index in [1.165, 1.54) is 7.11 Å². The Morgan fingerprint density at radius 3 is 2.65 bits per heavy atom. The van der Waals surface area contributed by atoms with Crippen LogP contribution in [0.3, 0.4) is 0 Å². The number of halogens is 3. The van der Waals surface area contributed by atoms with E-state index in [9.17, 15) is 23.3 Å². The molecule has 0 aromatic carbocycles. The van der Waals surface area contributed by atoms with Crippen LogP contribution in [0.5, 0.6) is 0 Å². The van der Waals surface area contributed by atoms with Gasteiger partial charge in [0.1, 0.15) is 17.6 Å². The van der Waals surface area contributed by atoms with Crippen LogP contribution in [0.1, 0.15) is 19.0 Å². The number of alkyl halides is 3. The van der Waals surface area contributed by atoms with Gasteiger partial charge in [0.15, 0.2) is 0 Å². The van der Waals surface area contributed by atoms with Crippen molar-refractivity contribution >= 4 is 11.4 Å². The molecule has 1 atom stereocenters. The third-order valence-corrected chi connectivity index (χ3v) is 2.59. The Balaban J connectivity index is 3.15. The summed E-state index contributed by atoms with van der Waals surface area (Å²) in [5.41, 5.74) is -1.91. The molecule has 112 valence electrons. The van der Waals surface area contributed by atoms with Crippen molar-refractivity contribution in [2.24, 2.45) is 0 Å². The Hall–Kier alpha value is -1.90. The second-order valence-electron chi connectivity index (χ2n) is 4.05. The highest BCUT2D eigenvalue weighted by molar-refractivity contribution is 5.61. The molecular formula is C11H14F3N3O3. The van der Waals surface area contributed by atoms with E-state index in [2.05, 4.69) is 10.3 Å². The predicted octanol–water partition coefficient (Wildman–Crippen LogP) is 2.85. The van der Waals surface area contributed by atoms with Crippen molar-refractivity contribution in [3.05, 3.63) is 28.1 Å². The van der Waals surface area contributed by atoms with Crippen LogP contribution in [0, 0.1) is 10.1 Å². The third-order valence-electron chi connectivity index (χ3n) is 2.59. The van der Waals surface area contributed by atoms with Crippen molar-refractivity contribution in [3.8, 4) is 0 Å². The SMILES string of the molecule is CCC(COC)Nc1cc(C(F)(F)F)ncc1[N+](=O)[O-]. The van der Waals surface area contributed by atoms with Gasteiger partial charge in [-0.25, -0.2) is 4.98 Å². The molecule has 0 spiro atoms. The first-order valence-electron chi connectivity index (χ1n) is 5.76. The molecule has 0 fully saturated rings. The Morgan fingerprint density at radius 1 is 1.55 bits per heavy atom. The second kappa shape index (κ2) is 6.51. The Kier molecular flexibility index (Phi) is 5.26. The van der Waals surface area contributed by atoms with Gasteiger partial charge in [0, 0.05) is 13.2 Å². The van der Waals surface area contributed by atoms with E-state index in [-0.39, 0.29) is 18.3 Å². The molecule has 0 aliphatic rings. The first kappa shape index (κ1) is 16.2. The van der Waals surface area contributed by atoms with Gasteiger partial charge in [-0.3, -0.25) is 10.1 Å². The van der Waals surface area contributed by atoms with Gasteiger partial charge in [-0.05, 0) is 12.5 Å².